The van der Waals surface area contributed by atoms with Crippen LogP contribution >= 0.6 is 11.8 Å². The van der Waals surface area contributed by atoms with Crippen LogP contribution in [0.2, 0.25) is 0 Å². The molecule has 6 N–H and O–H groups in total. The molecule has 0 saturated heterocycles. The van der Waals surface area contributed by atoms with Gasteiger partial charge in [0.2, 0.25) is 10.0 Å². The van der Waals surface area contributed by atoms with Crippen LogP contribution in [0.15, 0.2) is 23.1 Å². The molecule has 0 saturated carbocycles. The lowest BCUT2D eigenvalue weighted by molar-refractivity contribution is 0.288. The summed E-state index contributed by atoms with van der Waals surface area (Å²) in [5, 5.41) is 17.4. The highest BCUT2D eigenvalue weighted by atomic mass is 32.2. The fourth-order valence-corrected chi connectivity index (χ4v) is 2.80. The smallest absolute Gasteiger partial charge is 0.238 e. The fourth-order valence-electron chi connectivity index (χ4n) is 1.62. The Bertz CT molecular complexity index is 530. The summed E-state index contributed by atoms with van der Waals surface area (Å²) < 4.78 is 22.4. The standard InChI is InChI=1S/C11H19N3O3S2/c1-7(11(6-15)18-2)14-10-4-3-8(5-9(10)12)19(13,16)17/h3-5,7,11,14-15H,6,12H2,1-2H3,(H2,13,16,17). The van der Waals surface area contributed by atoms with Crippen molar-refractivity contribution in [2.24, 2.45) is 5.14 Å². The van der Waals surface area contributed by atoms with E-state index in [1.54, 1.807) is 17.8 Å². The van der Waals surface area contributed by atoms with Crippen LogP contribution in [0.3, 0.4) is 0 Å². The van der Waals surface area contributed by atoms with Crippen LogP contribution in [0.5, 0.6) is 0 Å². The largest absolute Gasteiger partial charge is 0.397 e. The summed E-state index contributed by atoms with van der Waals surface area (Å²) in [6.45, 7) is 1.97. The highest BCUT2D eigenvalue weighted by Gasteiger charge is 2.17. The van der Waals surface area contributed by atoms with Gasteiger partial charge >= 0.3 is 0 Å². The normalized spacial score (nSPS) is 14.9. The topological polar surface area (TPSA) is 118 Å². The van der Waals surface area contributed by atoms with Gasteiger partial charge in [0.15, 0.2) is 0 Å². The van der Waals surface area contributed by atoms with E-state index in [0.29, 0.717) is 11.4 Å². The number of anilines is 2. The van der Waals surface area contributed by atoms with Crippen molar-refractivity contribution in [1.29, 1.82) is 0 Å². The minimum absolute atomic E-state index is 0.0115. The molecule has 0 spiro atoms. The van der Waals surface area contributed by atoms with Gasteiger partial charge in [-0.1, -0.05) is 0 Å². The molecule has 108 valence electrons. The lowest BCUT2D eigenvalue weighted by Gasteiger charge is -2.23. The molecule has 0 bridgehead atoms. The summed E-state index contributed by atoms with van der Waals surface area (Å²) in [5.74, 6) is 0. The first-order valence-electron chi connectivity index (χ1n) is 5.62. The number of nitrogens with two attached hydrogens (primary N) is 2. The Morgan fingerprint density at radius 3 is 2.53 bits per heavy atom. The van der Waals surface area contributed by atoms with E-state index >= 15 is 0 Å². The van der Waals surface area contributed by atoms with Crippen LogP contribution in [-0.4, -0.2) is 37.7 Å². The van der Waals surface area contributed by atoms with Gasteiger partial charge < -0.3 is 16.2 Å². The van der Waals surface area contributed by atoms with Crippen LogP contribution in [0, 0.1) is 0 Å². The predicted octanol–water partition coefficient (Wildman–Crippen LogP) is 0.441. The van der Waals surface area contributed by atoms with Crippen LogP contribution in [0.1, 0.15) is 6.92 Å². The van der Waals surface area contributed by atoms with Crippen molar-refractivity contribution in [3.05, 3.63) is 18.2 Å². The molecule has 2 unspecified atom stereocenters. The minimum atomic E-state index is -3.75. The van der Waals surface area contributed by atoms with Crippen LogP contribution in [0.25, 0.3) is 0 Å². The maximum atomic E-state index is 11.2. The maximum absolute atomic E-state index is 11.2. The highest BCUT2D eigenvalue weighted by Crippen LogP contribution is 2.24. The van der Waals surface area contributed by atoms with E-state index in [1.807, 2.05) is 13.2 Å². The van der Waals surface area contributed by atoms with Gasteiger partial charge in [-0.25, -0.2) is 13.6 Å². The molecule has 6 nitrogen and oxygen atoms in total. The van der Waals surface area contributed by atoms with Crippen molar-refractivity contribution in [3.8, 4) is 0 Å². The number of rotatable bonds is 6. The van der Waals surface area contributed by atoms with Gasteiger partial charge in [0, 0.05) is 11.3 Å². The van der Waals surface area contributed by atoms with Crippen LogP contribution < -0.4 is 16.2 Å². The first-order chi connectivity index (χ1) is 8.79. The van der Waals surface area contributed by atoms with E-state index in [9.17, 15) is 13.5 Å². The number of aliphatic hydroxyl groups excluding tert-OH is 1. The van der Waals surface area contributed by atoms with Crippen molar-refractivity contribution >= 4 is 33.2 Å². The molecular weight excluding hydrogens is 286 g/mol. The average molecular weight is 305 g/mol. The molecule has 0 aliphatic heterocycles. The Labute approximate surface area is 117 Å². The molecule has 0 aromatic heterocycles. The van der Waals surface area contributed by atoms with E-state index in [-0.39, 0.29) is 22.8 Å². The third-order valence-electron chi connectivity index (χ3n) is 2.78. The van der Waals surface area contributed by atoms with E-state index < -0.39 is 10.0 Å². The lowest BCUT2D eigenvalue weighted by Crippen LogP contribution is -2.31. The molecule has 0 radical (unpaired) electrons. The van der Waals surface area contributed by atoms with Crippen molar-refractivity contribution in [2.45, 2.75) is 23.1 Å². The molecule has 1 rings (SSSR count). The third kappa shape index (κ3) is 4.27. The van der Waals surface area contributed by atoms with Crippen molar-refractivity contribution in [3.63, 3.8) is 0 Å². The second-order valence-electron chi connectivity index (χ2n) is 4.18. The number of thioether (sulfide) groups is 1. The summed E-state index contributed by atoms with van der Waals surface area (Å²) in [7, 11) is -3.75. The van der Waals surface area contributed by atoms with E-state index in [1.165, 1.54) is 12.1 Å². The molecule has 19 heavy (non-hydrogen) atoms. The number of hydrogen-bond acceptors (Lipinski definition) is 6. The number of nitrogen functional groups attached to an aromatic ring is 1. The van der Waals surface area contributed by atoms with E-state index in [4.69, 9.17) is 10.9 Å². The van der Waals surface area contributed by atoms with Gasteiger partial charge in [-0.3, -0.25) is 0 Å². The van der Waals surface area contributed by atoms with Gasteiger partial charge in [-0.2, -0.15) is 11.8 Å². The lowest BCUT2D eigenvalue weighted by atomic mass is 10.2. The predicted molar refractivity (Wildman–Crippen MR) is 79.7 cm³/mol. The van der Waals surface area contributed by atoms with Gasteiger partial charge in [0.25, 0.3) is 0 Å². The highest BCUT2D eigenvalue weighted by molar-refractivity contribution is 7.99. The van der Waals surface area contributed by atoms with Crippen LogP contribution in [0.4, 0.5) is 11.4 Å². The molecule has 1 aromatic carbocycles. The van der Waals surface area contributed by atoms with Crippen molar-refractivity contribution < 1.29 is 13.5 Å². The Kier molecular flexibility index (Phi) is 5.48. The monoisotopic (exact) mass is 305 g/mol. The zero-order valence-electron chi connectivity index (χ0n) is 10.8. The zero-order chi connectivity index (χ0) is 14.6. The average Bonchev–Trinajstić information content (AvgIpc) is 2.32. The van der Waals surface area contributed by atoms with E-state index in [0.717, 1.165) is 0 Å². The Morgan fingerprint density at radius 2 is 2.11 bits per heavy atom. The molecular formula is C11H19N3O3S2. The van der Waals surface area contributed by atoms with Gasteiger partial charge in [0.05, 0.1) is 22.9 Å². The van der Waals surface area contributed by atoms with Crippen molar-refractivity contribution in [1.82, 2.24) is 0 Å². The Hall–Kier alpha value is -0.960. The number of sulfonamides is 1. The Balaban J connectivity index is 2.92. The van der Waals surface area contributed by atoms with Crippen LogP contribution in [-0.2, 0) is 10.0 Å². The molecule has 1 aromatic rings. The van der Waals surface area contributed by atoms with Gasteiger partial charge in [0.1, 0.15) is 0 Å². The number of nitrogens with one attached hydrogen (secondary N) is 1. The summed E-state index contributed by atoms with van der Waals surface area (Å²) in [5.41, 5.74) is 6.72. The second-order valence-corrected chi connectivity index (χ2v) is 6.82. The summed E-state index contributed by atoms with van der Waals surface area (Å²) >= 11 is 1.54. The summed E-state index contributed by atoms with van der Waals surface area (Å²) in [6.07, 6.45) is 1.91. The maximum Gasteiger partial charge on any atom is 0.238 e. The molecule has 0 aliphatic rings. The quantitative estimate of drug-likeness (QED) is 0.566. The number of hydrogen-bond donors (Lipinski definition) is 4. The molecule has 0 fully saturated rings. The fraction of sp³-hybridized carbons (Fsp3) is 0.455. The zero-order valence-corrected chi connectivity index (χ0v) is 12.5. The second kappa shape index (κ2) is 6.47. The minimum Gasteiger partial charge on any atom is -0.397 e. The van der Waals surface area contributed by atoms with Crippen molar-refractivity contribution in [2.75, 3.05) is 23.9 Å². The van der Waals surface area contributed by atoms with Gasteiger partial charge in [-0.15, -0.1) is 0 Å². The van der Waals surface area contributed by atoms with Gasteiger partial charge in [-0.05, 0) is 31.4 Å². The number of benzene rings is 1. The SMILES string of the molecule is CSC(CO)C(C)Nc1ccc(S(N)(=O)=O)cc1N. The van der Waals surface area contributed by atoms with E-state index in [2.05, 4.69) is 5.32 Å². The third-order valence-corrected chi connectivity index (χ3v) is 4.85. The molecule has 0 amide bonds. The molecule has 8 heteroatoms. The molecule has 2 atom stereocenters. The molecule has 0 heterocycles. The number of aliphatic hydroxyl groups is 1. The Morgan fingerprint density at radius 1 is 1.47 bits per heavy atom. The molecule has 0 aliphatic carbocycles. The summed E-state index contributed by atoms with van der Waals surface area (Å²) in [6, 6.07) is 4.27. The first-order valence-corrected chi connectivity index (χ1v) is 8.45. The number of primary sulfonamides is 1. The first kappa shape index (κ1) is 16.1. The summed E-state index contributed by atoms with van der Waals surface area (Å²) in [4.78, 5) is -0.0215.